The number of likely N-dealkylation sites (tertiary alicyclic amines) is 1. The number of alkyl halides is 1. The number of amides is 2. The summed E-state index contributed by atoms with van der Waals surface area (Å²) in [5, 5.41) is 6.01. The van der Waals surface area contributed by atoms with Crippen molar-refractivity contribution in [2.24, 2.45) is 17.8 Å². The van der Waals surface area contributed by atoms with Crippen LogP contribution < -0.4 is 10.6 Å². The number of nitrogens with one attached hydrogen (secondary N) is 2. The molecule has 5 heterocycles. The normalized spacial score (nSPS) is 44.0. The molecule has 5 aliphatic heterocycles. The van der Waals surface area contributed by atoms with E-state index in [9.17, 15) is 14.4 Å². The van der Waals surface area contributed by atoms with E-state index in [1.54, 1.807) is 0 Å². The molecule has 2 amide bonds. The molecule has 7 fully saturated rings. The zero-order chi connectivity index (χ0) is 31.5. The Hall–Kier alpha value is -2.12. The van der Waals surface area contributed by atoms with E-state index in [2.05, 4.69) is 25.3 Å². The van der Waals surface area contributed by atoms with E-state index in [1.807, 2.05) is 6.20 Å². The van der Waals surface area contributed by atoms with E-state index < -0.39 is 24.2 Å². The lowest BCUT2D eigenvalue weighted by Gasteiger charge is -2.61. The van der Waals surface area contributed by atoms with E-state index in [4.69, 9.17) is 14.2 Å². The molecule has 11 nitrogen and oxygen atoms in total. The fraction of sp³-hybridized carbons (Fsp3) is 0.853. The Morgan fingerprint density at radius 1 is 0.957 bits per heavy atom. The molecule has 46 heavy (non-hydrogen) atoms. The van der Waals surface area contributed by atoms with Crippen molar-refractivity contribution in [3.8, 4) is 0 Å². The number of nitrogens with zero attached hydrogens (tertiary/aromatic N) is 3. The maximum atomic E-state index is 16.5. The Balaban J connectivity index is 1.07. The van der Waals surface area contributed by atoms with Crippen molar-refractivity contribution in [3.63, 3.8) is 0 Å². The number of ketones is 1. The summed E-state index contributed by atoms with van der Waals surface area (Å²) < 4.78 is 35.7. The highest BCUT2D eigenvalue weighted by atomic mass is 19.1. The van der Waals surface area contributed by atoms with E-state index in [-0.39, 0.29) is 59.9 Å². The topological polar surface area (TPSA) is 113 Å². The number of rotatable bonds is 6. The van der Waals surface area contributed by atoms with Crippen LogP contribution in [0.15, 0.2) is 11.8 Å². The maximum absolute atomic E-state index is 16.5. The van der Waals surface area contributed by atoms with Crippen molar-refractivity contribution < 1.29 is 33.0 Å². The Kier molecular flexibility index (Phi) is 8.62. The summed E-state index contributed by atoms with van der Waals surface area (Å²) in [5.74, 6) is -0.396. The molecule has 8 aliphatic rings. The predicted octanol–water partition coefficient (Wildman–Crippen LogP) is 1.01. The van der Waals surface area contributed by atoms with E-state index in [0.29, 0.717) is 57.3 Å². The van der Waals surface area contributed by atoms with Crippen molar-refractivity contribution in [1.82, 2.24) is 25.3 Å². The molecule has 254 valence electrons. The lowest BCUT2D eigenvalue weighted by atomic mass is 9.67. The number of carbonyl (C=O) groups is 3. The molecule has 3 saturated carbocycles. The molecule has 2 N–H and O–H groups in total. The molecule has 3 aliphatic carbocycles. The molecule has 0 aromatic carbocycles. The minimum absolute atomic E-state index is 0.0233. The van der Waals surface area contributed by atoms with Crippen molar-refractivity contribution in [2.75, 3.05) is 52.5 Å². The van der Waals surface area contributed by atoms with Gasteiger partial charge in [-0.3, -0.25) is 24.2 Å². The first-order valence-corrected chi connectivity index (χ1v) is 17.9. The zero-order valence-corrected chi connectivity index (χ0v) is 27.0. The van der Waals surface area contributed by atoms with Crippen molar-refractivity contribution in [2.45, 2.75) is 113 Å². The van der Waals surface area contributed by atoms with Gasteiger partial charge in [0, 0.05) is 64.4 Å². The average molecular weight is 644 g/mol. The second-order valence-electron chi connectivity index (χ2n) is 15.1. The summed E-state index contributed by atoms with van der Waals surface area (Å²) in [5.41, 5.74) is 0.142. The number of hydrogen-bond acceptors (Lipinski definition) is 9. The van der Waals surface area contributed by atoms with Gasteiger partial charge in [-0.05, 0) is 50.4 Å². The van der Waals surface area contributed by atoms with Gasteiger partial charge < -0.3 is 29.7 Å². The molecule has 8 rings (SSSR count). The third-order valence-electron chi connectivity index (χ3n) is 12.5. The summed E-state index contributed by atoms with van der Waals surface area (Å²) in [6.45, 7) is 6.91. The Labute approximate surface area is 270 Å². The number of Topliss-reactive ketones (excluding diaryl/α,β-unsaturated/α-hetero) is 1. The molecule has 0 spiro atoms. The van der Waals surface area contributed by atoms with Crippen LogP contribution in [0.3, 0.4) is 0 Å². The SMILES string of the molecule is CC(=O)N[C@@H]1CCN(C2C(F)CC3C(=O)C(C(=O)NCCN4CCOCC4)=CN4C5CC6OC7CCCCC7C6CC5OC2C34)C1. The van der Waals surface area contributed by atoms with Crippen LogP contribution in [0, 0.1) is 17.8 Å². The number of morpholine rings is 2. The van der Waals surface area contributed by atoms with E-state index in [0.717, 1.165) is 38.8 Å². The first kappa shape index (κ1) is 31.2. The molecule has 4 saturated heterocycles. The third kappa shape index (κ3) is 5.59. The van der Waals surface area contributed by atoms with Gasteiger partial charge in [-0.25, -0.2) is 4.39 Å². The van der Waals surface area contributed by atoms with Gasteiger partial charge in [-0.2, -0.15) is 0 Å². The highest BCUT2D eigenvalue weighted by Crippen LogP contribution is 2.53. The predicted molar refractivity (Wildman–Crippen MR) is 165 cm³/mol. The van der Waals surface area contributed by atoms with Crippen LogP contribution >= 0.6 is 0 Å². The number of halogens is 1. The van der Waals surface area contributed by atoms with Crippen LogP contribution in [-0.2, 0) is 28.6 Å². The van der Waals surface area contributed by atoms with Gasteiger partial charge in [0.25, 0.3) is 5.91 Å². The molecule has 12 atom stereocenters. The van der Waals surface area contributed by atoms with Crippen molar-refractivity contribution in [1.29, 1.82) is 0 Å². The standard InChI is InChI=1S/C34H50FN5O6/c1-19(41)37-20-6-8-39(17-20)31-25(35)14-23-30-33(31)46-29-15-22-21-4-2-3-5-27(21)45-28(22)16-26(29)40(30)18-24(32(23)42)34(43)36-7-9-38-10-12-44-13-11-38/h18,20-23,25-31,33H,2-17H2,1H3,(H,36,43)(H,37,41)/t20-,21?,22?,23?,25?,26?,27?,28?,29?,30?,31?,33?/m1/s1. The molecule has 0 bridgehead atoms. The number of hydrogen-bond donors (Lipinski definition) is 2. The second-order valence-corrected chi connectivity index (χ2v) is 15.1. The summed E-state index contributed by atoms with van der Waals surface area (Å²) >= 11 is 0. The lowest BCUT2D eigenvalue weighted by molar-refractivity contribution is -0.220. The van der Waals surface area contributed by atoms with Gasteiger partial charge in [0.05, 0.1) is 61.3 Å². The molecule has 0 radical (unpaired) electrons. The molecule has 11 unspecified atom stereocenters. The highest BCUT2D eigenvalue weighted by Gasteiger charge is 2.62. The van der Waals surface area contributed by atoms with Crippen molar-refractivity contribution >= 4 is 17.6 Å². The van der Waals surface area contributed by atoms with Gasteiger partial charge >= 0.3 is 0 Å². The third-order valence-corrected chi connectivity index (χ3v) is 12.5. The largest absolute Gasteiger partial charge is 0.379 e. The Bertz CT molecular complexity index is 1230. The second kappa shape index (κ2) is 12.7. The molecule has 0 aromatic rings. The molecular weight excluding hydrogens is 593 g/mol. The first-order chi connectivity index (χ1) is 22.4. The molecular formula is C34H50FN5O6. The minimum Gasteiger partial charge on any atom is -0.379 e. The highest BCUT2D eigenvalue weighted by molar-refractivity contribution is 6.20. The summed E-state index contributed by atoms with van der Waals surface area (Å²) in [6.07, 6.45) is 7.62. The van der Waals surface area contributed by atoms with Gasteiger partial charge in [0.2, 0.25) is 5.91 Å². The fourth-order valence-corrected chi connectivity index (χ4v) is 10.5. The smallest absolute Gasteiger partial charge is 0.256 e. The summed E-state index contributed by atoms with van der Waals surface area (Å²) in [7, 11) is 0. The van der Waals surface area contributed by atoms with Crippen LogP contribution in [0.25, 0.3) is 0 Å². The van der Waals surface area contributed by atoms with Gasteiger partial charge in [0.1, 0.15) is 6.17 Å². The number of carbonyl (C=O) groups excluding carboxylic acids is 3. The van der Waals surface area contributed by atoms with E-state index in [1.165, 1.54) is 26.2 Å². The van der Waals surface area contributed by atoms with Gasteiger partial charge in [-0.1, -0.05) is 12.8 Å². The number of ether oxygens (including phenoxy) is 3. The van der Waals surface area contributed by atoms with Crippen molar-refractivity contribution in [3.05, 3.63) is 11.8 Å². The first-order valence-electron chi connectivity index (χ1n) is 17.9. The average Bonchev–Trinajstić information content (AvgIpc) is 3.65. The van der Waals surface area contributed by atoms with Gasteiger partial charge in [-0.15, -0.1) is 0 Å². The molecule has 0 aromatic heterocycles. The lowest BCUT2D eigenvalue weighted by Crippen LogP contribution is -2.73. The Morgan fingerprint density at radius 3 is 2.61 bits per heavy atom. The summed E-state index contributed by atoms with van der Waals surface area (Å²) in [6, 6.07) is -0.897. The molecule has 12 heteroatoms. The maximum Gasteiger partial charge on any atom is 0.256 e. The summed E-state index contributed by atoms with van der Waals surface area (Å²) in [4.78, 5) is 46.1. The monoisotopic (exact) mass is 643 g/mol. The zero-order valence-electron chi connectivity index (χ0n) is 27.0. The fourth-order valence-electron chi connectivity index (χ4n) is 10.5. The van der Waals surface area contributed by atoms with E-state index >= 15 is 4.39 Å². The van der Waals surface area contributed by atoms with Gasteiger partial charge in [0.15, 0.2) is 5.78 Å². The van der Waals surface area contributed by atoms with Crippen LogP contribution in [0.2, 0.25) is 0 Å². The van der Waals surface area contributed by atoms with Crippen LogP contribution in [-0.4, -0.2) is 140 Å². The van der Waals surface area contributed by atoms with Crippen LogP contribution in [0.1, 0.15) is 58.3 Å². The minimum atomic E-state index is -1.28. The quantitative estimate of drug-likeness (QED) is 0.410. The van der Waals surface area contributed by atoms with Crippen LogP contribution in [0.4, 0.5) is 4.39 Å². The number of fused-ring (bicyclic) bond motifs is 5. The Morgan fingerprint density at radius 2 is 1.78 bits per heavy atom. The van der Waals surface area contributed by atoms with Crippen LogP contribution in [0.5, 0.6) is 0 Å².